The molecule has 2 aromatic heterocycles. The van der Waals surface area contributed by atoms with E-state index in [1.165, 1.54) is 22.9 Å². The van der Waals surface area contributed by atoms with Crippen LogP contribution in [0.5, 0.6) is 0 Å². The minimum atomic E-state index is -0.418. The Morgan fingerprint density at radius 3 is 2.37 bits per heavy atom. The summed E-state index contributed by atoms with van der Waals surface area (Å²) in [5.41, 5.74) is 2.59. The number of rotatable bonds is 7. The van der Waals surface area contributed by atoms with Gasteiger partial charge in [-0.1, -0.05) is 56.3 Å². The molecule has 2 N–H and O–H groups in total. The highest BCUT2D eigenvalue weighted by molar-refractivity contribution is 7.14. The molecule has 0 spiro atoms. The predicted molar refractivity (Wildman–Crippen MR) is 139 cm³/mol. The molecular weight excluding hydrogens is 462 g/mol. The van der Waals surface area contributed by atoms with Crippen LogP contribution in [0, 0.1) is 5.92 Å². The molecule has 0 aliphatic carbocycles. The van der Waals surface area contributed by atoms with Crippen molar-refractivity contribution < 1.29 is 9.59 Å². The van der Waals surface area contributed by atoms with Crippen molar-refractivity contribution in [2.24, 2.45) is 5.92 Å². The lowest BCUT2D eigenvalue weighted by Gasteiger charge is -2.13. The Kier molecular flexibility index (Phi) is 7.07. The number of nitrogens with one attached hydrogen (secondary N) is 2. The van der Waals surface area contributed by atoms with E-state index in [1.807, 2.05) is 50.4 Å². The van der Waals surface area contributed by atoms with E-state index in [0.717, 1.165) is 16.8 Å². The van der Waals surface area contributed by atoms with E-state index in [0.29, 0.717) is 22.4 Å². The molecule has 2 heterocycles. The maximum Gasteiger partial charge on any atom is 0.278 e. The van der Waals surface area contributed by atoms with Gasteiger partial charge in [-0.05, 0) is 24.5 Å². The van der Waals surface area contributed by atoms with Crippen LogP contribution in [-0.4, -0.2) is 26.6 Å². The first kappa shape index (κ1) is 24.3. The van der Waals surface area contributed by atoms with Crippen LogP contribution in [0.25, 0.3) is 22.0 Å². The van der Waals surface area contributed by atoms with Crippen molar-refractivity contribution in [3.8, 4) is 11.3 Å². The molecule has 0 aliphatic heterocycles. The number of nitrogens with zero attached hydrogens (tertiary/aromatic N) is 3. The molecule has 4 rings (SSSR count). The van der Waals surface area contributed by atoms with Gasteiger partial charge in [-0.2, -0.15) is 5.10 Å². The van der Waals surface area contributed by atoms with Crippen LogP contribution < -0.4 is 16.2 Å². The SMILES string of the molecule is CC(=O)NC(C)c1ccc(-c2csc(NC(=O)c3nn(CC(C)C)c(=O)c4ccccc34)n2)cc1. The smallest absolute Gasteiger partial charge is 0.278 e. The number of amides is 2. The summed E-state index contributed by atoms with van der Waals surface area (Å²) in [7, 11) is 0. The van der Waals surface area contributed by atoms with Gasteiger partial charge in [-0.3, -0.25) is 19.7 Å². The minimum Gasteiger partial charge on any atom is -0.350 e. The number of aromatic nitrogens is 3. The normalized spacial score (nSPS) is 12.0. The van der Waals surface area contributed by atoms with E-state index in [1.54, 1.807) is 24.3 Å². The van der Waals surface area contributed by atoms with Crippen LogP contribution in [0.15, 0.2) is 58.7 Å². The van der Waals surface area contributed by atoms with Crippen LogP contribution in [0.1, 0.15) is 49.8 Å². The molecule has 0 saturated carbocycles. The molecule has 0 fully saturated rings. The maximum absolute atomic E-state index is 13.2. The highest BCUT2D eigenvalue weighted by atomic mass is 32.1. The highest BCUT2D eigenvalue weighted by Crippen LogP contribution is 2.27. The first-order chi connectivity index (χ1) is 16.7. The van der Waals surface area contributed by atoms with Crippen molar-refractivity contribution in [3.63, 3.8) is 0 Å². The quantitative estimate of drug-likeness (QED) is 0.394. The molecule has 0 radical (unpaired) electrons. The molecule has 2 aromatic carbocycles. The number of carbonyl (C=O) groups is 2. The molecule has 0 aliphatic rings. The molecule has 1 unspecified atom stereocenters. The summed E-state index contributed by atoms with van der Waals surface area (Å²) in [6.07, 6.45) is 0. The van der Waals surface area contributed by atoms with Crippen LogP contribution in [0.4, 0.5) is 5.13 Å². The number of hydrogen-bond donors (Lipinski definition) is 2. The van der Waals surface area contributed by atoms with E-state index in [2.05, 4.69) is 20.7 Å². The second-order valence-corrected chi connectivity index (χ2v) is 9.67. The van der Waals surface area contributed by atoms with E-state index in [-0.39, 0.29) is 29.1 Å². The minimum absolute atomic E-state index is 0.0802. The third-order valence-corrected chi connectivity index (χ3v) is 6.23. The van der Waals surface area contributed by atoms with Crippen molar-refractivity contribution in [1.82, 2.24) is 20.1 Å². The Morgan fingerprint density at radius 2 is 1.71 bits per heavy atom. The summed E-state index contributed by atoms with van der Waals surface area (Å²) in [5, 5.41) is 13.4. The zero-order valence-corrected chi connectivity index (χ0v) is 20.8. The molecular formula is C26H27N5O3S. The Hall–Kier alpha value is -3.85. The Morgan fingerprint density at radius 1 is 1.03 bits per heavy atom. The molecule has 0 bridgehead atoms. The topological polar surface area (TPSA) is 106 Å². The summed E-state index contributed by atoms with van der Waals surface area (Å²) in [5.74, 6) is -0.297. The number of thiazole rings is 1. The van der Waals surface area contributed by atoms with Crippen LogP contribution >= 0.6 is 11.3 Å². The lowest BCUT2D eigenvalue weighted by Crippen LogP contribution is -2.29. The highest BCUT2D eigenvalue weighted by Gasteiger charge is 2.18. The molecule has 2 amide bonds. The van der Waals surface area contributed by atoms with Gasteiger partial charge in [0, 0.05) is 29.8 Å². The van der Waals surface area contributed by atoms with Crippen molar-refractivity contribution in [3.05, 3.63) is 75.5 Å². The number of anilines is 1. The fraction of sp³-hybridized carbons (Fsp3) is 0.269. The second-order valence-electron chi connectivity index (χ2n) is 8.81. The first-order valence-electron chi connectivity index (χ1n) is 11.4. The van der Waals surface area contributed by atoms with Gasteiger partial charge < -0.3 is 5.32 Å². The Balaban J connectivity index is 1.57. The van der Waals surface area contributed by atoms with Crippen LogP contribution in [0.2, 0.25) is 0 Å². The van der Waals surface area contributed by atoms with E-state index in [4.69, 9.17) is 0 Å². The van der Waals surface area contributed by atoms with Gasteiger partial charge in [0.2, 0.25) is 5.91 Å². The van der Waals surface area contributed by atoms with E-state index >= 15 is 0 Å². The van der Waals surface area contributed by atoms with Crippen LogP contribution in [0.3, 0.4) is 0 Å². The Bertz CT molecular complexity index is 1440. The zero-order valence-electron chi connectivity index (χ0n) is 20.0. The first-order valence-corrected chi connectivity index (χ1v) is 12.2. The summed E-state index contributed by atoms with van der Waals surface area (Å²) in [6, 6.07) is 14.7. The average molecular weight is 490 g/mol. The van der Waals surface area contributed by atoms with E-state index in [9.17, 15) is 14.4 Å². The average Bonchev–Trinajstić information content (AvgIpc) is 3.28. The Labute approximate surface area is 207 Å². The summed E-state index contributed by atoms with van der Waals surface area (Å²) >= 11 is 1.31. The van der Waals surface area contributed by atoms with Crippen molar-refractivity contribution in [1.29, 1.82) is 0 Å². The summed E-state index contributed by atoms with van der Waals surface area (Å²) < 4.78 is 1.36. The number of carbonyl (C=O) groups excluding carboxylic acids is 2. The number of hydrogen-bond acceptors (Lipinski definition) is 6. The molecule has 0 saturated heterocycles. The van der Waals surface area contributed by atoms with Crippen LogP contribution in [-0.2, 0) is 11.3 Å². The monoisotopic (exact) mass is 489 g/mol. The third-order valence-electron chi connectivity index (χ3n) is 5.47. The molecule has 180 valence electrons. The van der Waals surface area contributed by atoms with Crippen molar-refractivity contribution in [2.75, 3.05) is 5.32 Å². The third kappa shape index (κ3) is 5.46. The second kappa shape index (κ2) is 10.2. The lowest BCUT2D eigenvalue weighted by atomic mass is 10.1. The molecule has 9 heteroatoms. The number of benzene rings is 2. The van der Waals surface area contributed by atoms with Gasteiger partial charge in [0.1, 0.15) is 0 Å². The molecule has 35 heavy (non-hydrogen) atoms. The largest absolute Gasteiger partial charge is 0.350 e. The summed E-state index contributed by atoms with van der Waals surface area (Å²) in [4.78, 5) is 41.8. The number of fused-ring (bicyclic) bond motifs is 1. The lowest BCUT2D eigenvalue weighted by molar-refractivity contribution is -0.119. The van der Waals surface area contributed by atoms with Gasteiger partial charge in [0.15, 0.2) is 10.8 Å². The zero-order chi connectivity index (χ0) is 25.1. The molecule has 1 atom stereocenters. The van der Waals surface area contributed by atoms with E-state index < -0.39 is 5.91 Å². The summed E-state index contributed by atoms with van der Waals surface area (Å²) in [6.45, 7) is 7.82. The maximum atomic E-state index is 13.2. The van der Waals surface area contributed by atoms with Gasteiger partial charge in [-0.15, -0.1) is 11.3 Å². The van der Waals surface area contributed by atoms with Crippen molar-refractivity contribution in [2.45, 2.75) is 40.3 Å². The predicted octanol–water partition coefficient (Wildman–Crippen LogP) is 4.63. The standard InChI is InChI=1S/C26H27N5O3S/c1-15(2)13-31-25(34)21-8-6-5-7-20(21)23(30-31)24(33)29-26-28-22(14-35-26)19-11-9-18(10-12-19)16(3)27-17(4)32/h5-12,14-16H,13H2,1-4H3,(H,27,32)(H,28,29,33). The fourth-order valence-electron chi connectivity index (χ4n) is 3.82. The van der Waals surface area contributed by atoms with Gasteiger partial charge in [-0.25, -0.2) is 9.67 Å². The van der Waals surface area contributed by atoms with Gasteiger partial charge in [0.05, 0.1) is 17.1 Å². The van der Waals surface area contributed by atoms with Crippen molar-refractivity contribution >= 4 is 39.1 Å². The fourth-order valence-corrected chi connectivity index (χ4v) is 4.54. The van der Waals surface area contributed by atoms with Gasteiger partial charge in [0.25, 0.3) is 11.5 Å². The molecule has 4 aromatic rings. The van der Waals surface area contributed by atoms with Gasteiger partial charge >= 0.3 is 0 Å². The molecule has 8 nitrogen and oxygen atoms in total.